The lowest BCUT2D eigenvalue weighted by atomic mass is 10.2. The van der Waals surface area contributed by atoms with Gasteiger partial charge in [-0.15, -0.1) is 6.42 Å². The minimum atomic E-state index is -1.27. The van der Waals surface area contributed by atoms with E-state index in [1.54, 1.807) is 11.0 Å². The normalized spacial score (nSPS) is 9.56. The highest BCUT2D eigenvalue weighted by molar-refractivity contribution is 5.88. The number of rotatable bonds is 4. The number of carboxylic acid groups (broad SMARTS) is 1. The van der Waals surface area contributed by atoms with Crippen molar-refractivity contribution in [2.24, 2.45) is 0 Å². The molecule has 1 aromatic carbocycles. The van der Waals surface area contributed by atoms with Crippen LogP contribution in [0.5, 0.6) is 0 Å². The summed E-state index contributed by atoms with van der Waals surface area (Å²) in [5.74, 6) is 0.438. The zero-order valence-corrected chi connectivity index (χ0v) is 8.90. The van der Waals surface area contributed by atoms with E-state index in [4.69, 9.17) is 11.5 Å². The average Bonchev–Trinajstić information content (AvgIpc) is 2.25. The van der Waals surface area contributed by atoms with Gasteiger partial charge in [0.05, 0.1) is 12.1 Å². The van der Waals surface area contributed by atoms with Gasteiger partial charge < -0.3 is 10.0 Å². The van der Waals surface area contributed by atoms with Crippen molar-refractivity contribution >= 4 is 11.7 Å². The quantitative estimate of drug-likeness (QED) is 0.790. The van der Waals surface area contributed by atoms with Crippen molar-refractivity contribution in [2.75, 3.05) is 18.0 Å². The van der Waals surface area contributed by atoms with E-state index in [9.17, 15) is 9.18 Å². The molecule has 0 bridgehead atoms. The second kappa shape index (κ2) is 5.17. The molecule has 84 valence electrons. The third-order valence-electron chi connectivity index (χ3n) is 2.21. The van der Waals surface area contributed by atoms with Crippen LogP contribution >= 0.6 is 0 Å². The average molecular weight is 221 g/mol. The van der Waals surface area contributed by atoms with E-state index in [0.29, 0.717) is 18.8 Å². The number of benzene rings is 1. The lowest BCUT2D eigenvalue weighted by Gasteiger charge is -2.20. The standard InChI is InChI=1S/C12H12FNO2/c1-3-7-14(4-2)9-5-6-10(12(15)16)11(13)8-9/h1,5-6,8H,4,7H2,2H3,(H,15,16). The Hall–Kier alpha value is -2.02. The number of aromatic carboxylic acids is 1. The molecule has 0 spiro atoms. The molecule has 1 N–H and O–H groups in total. The molecule has 0 saturated heterocycles. The molecule has 16 heavy (non-hydrogen) atoms. The van der Waals surface area contributed by atoms with Crippen molar-refractivity contribution in [1.82, 2.24) is 0 Å². The van der Waals surface area contributed by atoms with Crippen molar-refractivity contribution in [2.45, 2.75) is 6.92 Å². The summed E-state index contributed by atoms with van der Waals surface area (Å²) in [6.07, 6.45) is 5.18. The summed E-state index contributed by atoms with van der Waals surface area (Å²) in [4.78, 5) is 12.4. The SMILES string of the molecule is C#CCN(CC)c1ccc(C(=O)O)c(F)c1. The van der Waals surface area contributed by atoms with Gasteiger partial charge in [0.2, 0.25) is 0 Å². The second-order valence-corrected chi connectivity index (χ2v) is 3.19. The largest absolute Gasteiger partial charge is 0.478 e. The van der Waals surface area contributed by atoms with Crippen LogP contribution in [-0.2, 0) is 0 Å². The Kier molecular flexibility index (Phi) is 3.90. The fourth-order valence-corrected chi connectivity index (χ4v) is 1.37. The maximum atomic E-state index is 13.4. The van der Waals surface area contributed by atoms with Crippen LogP contribution in [0.25, 0.3) is 0 Å². The lowest BCUT2D eigenvalue weighted by molar-refractivity contribution is 0.0692. The zero-order chi connectivity index (χ0) is 12.1. The highest BCUT2D eigenvalue weighted by atomic mass is 19.1. The highest BCUT2D eigenvalue weighted by Crippen LogP contribution is 2.18. The molecule has 1 aromatic rings. The minimum Gasteiger partial charge on any atom is -0.478 e. The van der Waals surface area contributed by atoms with Crippen molar-refractivity contribution in [1.29, 1.82) is 0 Å². The number of anilines is 1. The molecule has 4 heteroatoms. The molecule has 0 aliphatic heterocycles. The smallest absolute Gasteiger partial charge is 0.338 e. The van der Waals surface area contributed by atoms with Gasteiger partial charge in [0.15, 0.2) is 0 Å². The molecule has 0 aliphatic rings. The Morgan fingerprint density at radius 1 is 1.62 bits per heavy atom. The first-order valence-electron chi connectivity index (χ1n) is 4.81. The van der Waals surface area contributed by atoms with Gasteiger partial charge in [0.1, 0.15) is 5.82 Å². The summed E-state index contributed by atoms with van der Waals surface area (Å²) in [5, 5.41) is 8.67. The van der Waals surface area contributed by atoms with Crippen LogP contribution in [0.15, 0.2) is 18.2 Å². The maximum absolute atomic E-state index is 13.4. The van der Waals surface area contributed by atoms with E-state index in [1.165, 1.54) is 12.1 Å². The van der Waals surface area contributed by atoms with Gasteiger partial charge in [-0.3, -0.25) is 0 Å². The molecule has 0 amide bonds. The summed E-state index contributed by atoms with van der Waals surface area (Å²) in [7, 11) is 0. The fraction of sp³-hybridized carbons (Fsp3) is 0.250. The van der Waals surface area contributed by atoms with Crippen molar-refractivity contribution in [3.8, 4) is 12.3 Å². The lowest BCUT2D eigenvalue weighted by Crippen LogP contribution is -2.23. The van der Waals surface area contributed by atoms with Crippen LogP contribution in [0.2, 0.25) is 0 Å². The van der Waals surface area contributed by atoms with E-state index >= 15 is 0 Å². The Morgan fingerprint density at radius 2 is 2.31 bits per heavy atom. The van der Waals surface area contributed by atoms with E-state index < -0.39 is 11.8 Å². The minimum absolute atomic E-state index is 0.333. The van der Waals surface area contributed by atoms with Gasteiger partial charge in [0.25, 0.3) is 0 Å². The first-order valence-corrected chi connectivity index (χ1v) is 4.81. The van der Waals surface area contributed by atoms with Crippen LogP contribution in [0.3, 0.4) is 0 Å². The molecule has 0 aliphatic carbocycles. The fourth-order valence-electron chi connectivity index (χ4n) is 1.37. The number of carboxylic acids is 1. The molecule has 0 unspecified atom stereocenters. The van der Waals surface area contributed by atoms with Crippen molar-refractivity contribution in [3.05, 3.63) is 29.6 Å². The first-order chi connectivity index (χ1) is 7.60. The Labute approximate surface area is 93.5 Å². The predicted molar refractivity (Wildman–Crippen MR) is 60.1 cm³/mol. The first kappa shape index (κ1) is 12.1. The number of carbonyl (C=O) groups is 1. The van der Waals surface area contributed by atoms with Gasteiger partial charge in [-0.05, 0) is 25.1 Å². The molecule has 0 saturated carbocycles. The van der Waals surface area contributed by atoms with Gasteiger partial charge in [-0.25, -0.2) is 9.18 Å². The number of hydrogen-bond acceptors (Lipinski definition) is 2. The Balaban J connectivity index is 3.05. The molecule has 0 atom stereocenters. The number of nitrogens with zero attached hydrogens (tertiary/aromatic N) is 1. The van der Waals surface area contributed by atoms with E-state index in [1.807, 2.05) is 6.92 Å². The van der Waals surface area contributed by atoms with Crippen molar-refractivity contribution < 1.29 is 14.3 Å². The topological polar surface area (TPSA) is 40.5 Å². The van der Waals surface area contributed by atoms with Gasteiger partial charge >= 0.3 is 5.97 Å². The molecular formula is C12H12FNO2. The van der Waals surface area contributed by atoms with Gasteiger partial charge in [0, 0.05) is 12.2 Å². The predicted octanol–water partition coefficient (Wildman–Crippen LogP) is 1.98. The number of halogens is 1. The van der Waals surface area contributed by atoms with Crippen molar-refractivity contribution in [3.63, 3.8) is 0 Å². The molecule has 0 aromatic heterocycles. The summed E-state index contributed by atoms with van der Waals surface area (Å²) in [5.41, 5.74) is 0.253. The molecule has 0 radical (unpaired) electrons. The summed E-state index contributed by atoms with van der Waals surface area (Å²) >= 11 is 0. The molecule has 0 fully saturated rings. The second-order valence-electron chi connectivity index (χ2n) is 3.19. The summed E-state index contributed by atoms with van der Waals surface area (Å²) < 4.78 is 13.4. The van der Waals surface area contributed by atoms with E-state index in [-0.39, 0.29) is 5.56 Å². The monoisotopic (exact) mass is 221 g/mol. The summed E-state index contributed by atoms with van der Waals surface area (Å²) in [6, 6.07) is 3.98. The number of terminal acetylenes is 1. The molecule has 3 nitrogen and oxygen atoms in total. The number of hydrogen-bond donors (Lipinski definition) is 1. The maximum Gasteiger partial charge on any atom is 0.338 e. The van der Waals surface area contributed by atoms with Crippen LogP contribution in [0.4, 0.5) is 10.1 Å². The third-order valence-corrected chi connectivity index (χ3v) is 2.21. The highest BCUT2D eigenvalue weighted by Gasteiger charge is 2.12. The third kappa shape index (κ3) is 2.51. The van der Waals surface area contributed by atoms with Gasteiger partial charge in [-0.1, -0.05) is 5.92 Å². The Morgan fingerprint density at radius 3 is 2.75 bits per heavy atom. The van der Waals surface area contributed by atoms with Crippen LogP contribution in [0, 0.1) is 18.2 Å². The Bertz CT molecular complexity index is 437. The zero-order valence-electron chi connectivity index (χ0n) is 8.90. The molecule has 1 rings (SSSR count). The van der Waals surface area contributed by atoms with Gasteiger partial charge in [-0.2, -0.15) is 0 Å². The van der Waals surface area contributed by atoms with Crippen LogP contribution in [0.1, 0.15) is 17.3 Å². The molecular weight excluding hydrogens is 209 g/mol. The van der Waals surface area contributed by atoms with E-state index in [0.717, 1.165) is 0 Å². The van der Waals surface area contributed by atoms with Crippen LogP contribution in [-0.4, -0.2) is 24.2 Å². The van der Waals surface area contributed by atoms with E-state index in [2.05, 4.69) is 5.92 Å². The summed E-state index contributed by atoms with van der Waals surface area (Å²) in [6.45, 7) is 2.89. The molecule has 0 heterocycles. The van der Waals surface area contributed by atoms with Crippen LogP contribution < -0.4 is 4.90 Å².